The highest BCUT2D eigenvalue weighted by Gasteiger charge is 2.05. The van der Waals surface area contributed by atoms with Crippen LogP contribution in [0.15, 0.2) is 42.5 Å². The maximum absolute atomic E-state index is 13.0. The Morgan fingerprint density at radius 2 is 1.48 bits per heavy atom. The minimum Gasteiger partial charge on any atom is -0.314 e. The van der Waals surface area contributed by atoms with Gasteiger partial charge < -0.3 is 5.32 Å². The van der Waals surface area contributed by atoms with Gasteiger partial charge in [-0.2, -0.15) is 0 Å². The van der Waals surface area contributed by atoms with Gasteiger partial charge in [0.25, 0.3) is 0 Å². The SMILES string of the molecule is CC(Cc1ccc(F)cc1)NCCc1cc(F)cc(F)c1. The van der Waals surface area contributed by atoms with Crippen LogP contribution in [0.3, 0.4) is 0 Å². The smallest absolute Gasteiger partial charge is 0.126 e. The van der Waals surface area contributed by atoms with Crippen molar-refractivity contribution in [2.45, 2.75) is 25.8 Å². The van der Waals surface area contributed by atoms with Crippen molar-refractivity contribution < 1.29 is 13.2 Å². The third-order valence-corrected chi connectivity index (χ3v) is 3.28. The maximum atomic E-state index is 13.0. The molecule has 0 spiro atoms. The first-order valence-corrected chi connectivity index (χ1v) is 6.96. The molecule has 1 N–H and O–H groups in total. The van der Waals surface area contributed by atoms with Crippen molar-refractivity contribution in [1.82, 2.24) is 5.32 Å². The lowest BCUT2D eigenvalue weighted by atomic mass is 10.1. The number of nitrogens with one attached hydrogen (secondary N) is 1. The zero-order valence-electron chi connectivity index (χ0n) is 11.9. The zero-order chi connectivity index (χ0) is 15.2. The van der Waals surface area contributed by atoms with Gasteiger partial charge in [0.2, 0.25) is 0 Å². The lowest BCUT2D eigenvalue weighted by molar-refractivity contribution is 0.543. The molecule has 2 aromatic carbocycles. The molecule has 0 saturated heterocycles. The first-order valence-electron chi connectivity index (χ1n) is 6.96. The number of hydrogen-bond acceptors (Lipinski definition) is 1. The molecule has 2 aromatic rings. The van der Waals surface area contributed by atoms with Gasteiger partial charge in [0.15, 0.2) is 0 Å². The first-order chi connectivity index (χ1) is 10.0. The molecular formula is C17H18F3N. The molecule has 0 aliphatic rings. The molecule has 0 saturated carbocycles. The Bertz CT molecular complexity index is 561. The van der Waals surface area contributed by atoms with Gasteiger partial charge >= 0.3 is 0 Å². The largest absolute Gasteiger partial charge is 0.314 e. The molecule has 0 heterocycles. The number of hydrogen-bond donors (Lipinski definition) is 1. The van der Waals surface area contributed by atoms with Crippen LogP contribution in [0.5, 0.6) is 0 Å². The van der Waals surface area contributed by atoms with E-state index in [1.807, 2.05) is 6.92 Å². The van der Waals surface area contributed by atoms with Crippen molar-refractivity contribution in [3.8, 4) is 0 Å². The molecule has 0 fully saturated rings. The first kappa shape index (κ1) is 15.6. The molecule has 0 radical (unpaired) electrons. The van der Waals surface area contributed by atoms with Crippen LogP contribution in [0, 0.1) is 17.5 Å². The van der Waals surface area contributed by atoms with Gasteiger partial charge in [-0.15, -0.1) is 0 Å². The summed E-state index contributed by atoms with van der Waals surface area (Å²) in [6.45, 7) is 2.65. The predicted molar refractivity (Wildman–Crippen MR) is 77.6 cm³/mol. The average Bonchev–Trinajstić information content (AvgIpc) is 2.40. The van der Waals surface area contributed by atoms with E-state index in [0.29, 0.717) is 18.5 Å². The molecule has 0 bridgehead atoms. The summed E-state index contributed by atoms with van der Waals surface area (Å²) in [5, 5.41) is 3.29. The second-order valence-electron chi connectivity index (χ2n) is 5.21. The Balaban J connectivity index is 1.78. The molecule has 4 heteroatoms. The van der Waals surface area contributed by atoms with Crippen molar-refractivity contribution in [2.24, 2.45) is 0 Å². The molecule has 1 atom stereocenters. The highest BCUT2D eigenvalue weighted by molar-refractivity contribution is 5.19. The fraction of sp³-hybridized carbons (Fsp3) is 0.294. The van der Waals surface area contributed by atoms with Crippen LogP contribution >= 0.6 is 0 Å². The molecule has 0 aliphatic carbocycles. The van der Waals surface area contributed by atoms with Gasteiger partial charge in [-0.05, 0) is 61.7 Å². The lowest BCUT2D eigenvalue weighted by Crippen LogP contribution is -2.30. The molecule has 21 heavy (non-hydrogen) atoms. The molecule has 0 aromatic heterocycles. The van der Waals surface area contributed by atoms with E-state index in [1.54, 1.807) is 12.1 Å². The summed E-state index contributed by atoms with van der Waals surface area (Å²) in [6.07, 6.45) is 1.33. The van der Waals surface area contributed by atoms with E-state index >= 15 is 0 Å². The minimum atomic E-state index is -0.552. The molecule has 2 rings (SSSR count). The summed E-state index contributed by atoms with van der Waals surface area (Å²) in [5.41, 5.74) is 1.68. The van der Waals surface area contributed by atoms with E-state index in [4.69, 9.17) is 0 Å². The summed E-state index contributed by atoms with van der Waals surface area (Å²) in [6, 6.07) is 10.2. The monoisotopic (exact) mass is 293 g/mol. The Morgan fingerprint density at radius 1 is 0.857 bits per heavy atom. The number of rotatable bonds is 6. The van der Waals surface area contributed by atoms with Crippen molar-refractivity contribution in [2.75, 3.05) is 6.54 Å². The summed E-state index contributed by atoms with van der Waals surface area (Å²) in [5.74, 6) is -1.35. The zero-order valence-corrected chi connectivity index (χ0v) is 11.9. The standard InChI is InChI=1S/C17H18F3N/c1-12(8-13-2-4-15(18)5-3-13)21-7-6-14-9-16(19)11-17(20)10-14/h2-5,9-12,21H,6-8H2,1H3. The van der Waals surface area contributed by atoms with E-state index < -0.39 is 11.6 Å². The summed E-state index contributed by atoms with van der Waals surface area (Å²) in [7, 11) is 0. The third kappa shape index (κ3) is 5.23. The van der Waals surface area contributed by atoms with Crippen LogP contribution in [0.2, 0.25) is 0 Å². The van der Waals surface area contributed by atoms with Crippen molar-refractivity contribution in [1.29, 1.82) is 0 Å². The fourth-order valence-electron chi connectivity index (χ4n) is 2.26. The van der Waals surface area contributed by atoms with Crippen molar-refractivity contribution in [3.05, 3.63) is 71.0 Å². The summed E-state index contributed by atoms with van der Waals surface area (Å²) < 4.78 is 38.9. The van der Waals surface area contributed by atoms with Gasteiger partial charge in [0.05, 0.1) is 0 Å². The normalized spacial score (nSPS) is 12.4. The van der Waals surface area contributed by atoms with E-state index in [2.05, 4.69) is 5.32 Å². The van der Waals surface area contributed by atoms with E-state index in [1.165, 1.54) is 24.3 Å². The topological polar surface area (TPSA) is 12.0 Å². The minimum absolute atomic E-state index is 0.203. The summed E-state index contributed by atoms with van der Waals surface area (Å²) in [4.78, 5) is 0. The van der Waals surface area contributed by atoms with Gasteiger partial charge in [0, 0.05) is 12.1 Å². The molecule has 1 unspecified atom stereocenters. The second-order valence-corrected chi connectivity index (χ2v) is 5.21. The second kappa shape index (κ2) is 7.27. The van der Waals surface area contributed by atoms with Gasteiger partial charge in [-0.25, -0.2) is 13.2 Å². The van der Waals surface area contributed by atoms with E-state index in [-0.39, 0.29) is 11.9 Å². The van der Waals surface area contributed by atoms with Crippen LogP contribution in [0.25, 0.3) is 0 Å². The summed E-state index contributed by atoms with van der Waals surface area (Å²) >= 11 is 0. The highest BCUT2D eigenvalue weighted by atomic mass is 19.1. The van der Waals surface area contributed by atoms with Crippen LogP contribution in [-0.2, 0) is 12.8 Å². The fourth-order valence-corrected chi connectivity index (χ4v) is 2.26. The van der Waals surface area contributed by atoms with E-state index in [0.717, 1.165) is 18.1 Å². The van der Waals surface area contributed by atoms with Gasteiger partial charge in [0.1, 0.15) is 17.5 Å². The Kier molecular flexibility index (Phi) is 5.39. The molecule has 0 amide bonds. The van der Waals surface area contributed by atoms with Gasteiger partial charge in [-0.1, -0.05) is 12.1 Å². The van der Waals surface area contributed by atoms with Crippen LogP contribution < -0.4 is 5.32 Å². The highest BCUT2D eigenvalue weighted by Crippen LogP contribution is 2.09. The quantitative estimate of drug-likeness (QED) is 0.852. The molecular weight excluding hydrogens is 275 g/mol. The predicted octanol–water partition coefficient (Wildman–Crippen LogP) is 3.87. The number of benzene rings is 2. The Labute approximate surface area is 122 Å². The maximum Gasteiger partial charge on any atom is 0.126 e. The van der Waals surface area contributed by atoms with Crippen molar-refractivity contribution >= 4 is 0 Å². The molecule has 0 aliphatic heterocycles. The molecule has 112 valence electrons. The Morgan fingerprint density at radius 3 is 2.10 bits per heavy atom. The third-order valence-electron chi connectivity index (χ3n) is 3.28. The van der Waals surface area contributed by atoms with Crippen LogP contribution in [0.4, 0.5) is 13.2 Å². The Hall–Kier alpha value is -1.81. The average molecular weight is 293 g/mol. The van der Waals surface area contributed by atoms with E-state index in [9.17, 15) is 13.2 Å². The lowest BCUT2D eigenvalue weighted by Gasteiger charge is -2.14. The van der Waals surface area contributed by atoms with Gasteiger partial charge in [-0.3, -0.25) is 0 Å². The van der Waals surface area contributed by atoms with Crippen molar-refractivity contribution in [3.63, 3.8) is 0 Å². The number of halogens is 3. The van der Waals surface area contributed by atoms with Crippen LogP contribution in [-0.4, -0.2) is 12.6 Å². The van der Waals surface area contributed by atoms with Crippen LogP contribution in [0.1, 0.15) is 18.1 Å². The molecule has 1 nitrogen and oxygen atoms in total.